The molecule has 0 aliphatic heterocycles. The van der Waals surface area contributed by atoms with Gasteiger partial charge in [-0.2, -0.15) is 5.10 Å². The Morgan fingerprint density at radius 1 is 1.28 bits per heavy atom. The van der Waals surface area contributed by atoms with E-state index in [1.807, 2.05) is 6.20 Å². The summed E-state index contributed by atoms with van der Waals surface area (Å²) in [5, 5.41) is 7.23. The summed E-state index contributed by atoms with van der Waals surface area (Å²) in [5.74, 6) is 7.78. The normalized spacial score (nSPS) is 17.5. The third kappa shape index (κ3) is 4.63. The zero-order chi connectivity index (χ0) is 25.6. The molecule has 12 heteroatoms. The minimum absolute atomic E-state index is 0.0121. The third-order valence-electron chi connectivity index (χ3n) is 6.46. The molecule has 0 unspecified atom stereocenters. The lowest BCUT2D eigenvalue weighted by Gasteiger charge is -2.40. The number of halogens is 3. The van der Waals surface area contributed by atoms with E-state index in [1.54, 1.807) is 23.9 Å². The molecule has 3 aromatic rings. The van der Waals surface area contributed by atoms with Crippen molar-refractivity contribution < 1.29 is 18.0 Å². The topological polar surface area (TPSA) is 127 Å². The average molecular weight is 499 g/mol. The molecule has 9 nitrogen and oxygen atoms in total. The number of pyridine rings is 1. The van der Waals surface area contributed by atoms with Crippen LogP contribution in [0.25, 0.3) is 5.69 Å². The number of amidine groups is 1. The Balaban J connectivity index is 1.36. The minimum Gasteiger partial charge on any atom is -0.321 e. The fourth-order valence-electron chi connectivity index (χ4n) is 4.25. The Labute approximate surface area is 205 Å². The summed E-state index contributed by atoms with van der Waals surface area (Å²) in [6, 6.07) is 6.70. The number of aryl methyl sites for hydroxylation is 1. The Hall–Kier alpha value is -3.93. The molecule has 5 rings (SSSR count). The summed E-state index contributed by atoms with van der Waals surface area (Å²) in [7, 11) is 0. The highest BCUT2D eigenvalue weighted by Gasteiger charge is 2.48. The van der Waals surface area contributed by atoms with Crippen LogP contribution in [0.5, 0.6) is 0 Å². The van der Waals surface area contributed by atoms with Crippen LogP contribution in [0, 0.1) is 12.7 Å². The summed E-state index contributed by atoms with van der Waals surface area (Å²) < 4.78 is 43.1. The maximum absolute atomic E-state index is 14.8. The van der Waals surface area contributed by atoms with Crippen LogP contribution in [0.4, 0.5) is 19.0 Å². The highest BCUT2D eigenvalue weighted by molar-refractivity contribution is 6.05. The van der Waals surface area contributed by atoms with Crippen molar-refractivity contribution in [3.8, 4) is 5.69 Å². The SMILES string of the molecule is Cc1cc(F)c(C(=O)Nc2cccc(/C(=N/N)N(N)C3CC(F)(F)C3)n2)cc1-n1cnc(C2CC2)c1. The first kappa shape index (κ1) is 23.8. The molecule has 0 saturated heterocycles. The number of nitrogens with two attached hydrogens (primary N) is 2. The smallest absolute Gasteiger partial charge is 0.259 e. The van der Waals surface area contributed by atoms with Crippen molar-refractivity contribution in [3.05, 3.63) is 71.2 Å². The lowest BCUT2D eigenvalue weighted by atomic mass is 9.87. The van der Waals surface area contributed by atoms with Gasteiger partial charge >= 0.3 is 0 Å². The van der Waals surface area contributed by atoms with Crippen molar-refractivity contribution in [1.82, 2.24) is 19.5 Å². The van der Waals surface area contributed by atoms with Crippen molar-refractivity contribution in [2.24, 2.45) is 16.8 Å². The van der Waals surface area contributed by atoms with E-state index in [0.717, 1.165) is 23.5 Å². The van der Waals surface area contributed by atoms with E-state index in [4.69, 9.17) is 11.7 Å². The molecule has 0 atom stereocenters. The summed E-state index contributed by atoms with van der Waals surface area (Å²) in [5.41, 5.74) is 2.26. The monoisotopic (exact) mass is 498 g/mol. The van der Waals surface area contributed by atoms with Crippen molar-refractivity contribution in [2.45, 2.75) is 50.5 Å². The van der Waals surface area contributed by atoms with Gasteiger partial charge in [-0.3, -0.25) is 9.80 Å². The number of anilines is 1. The van der Waals surface area contributed by atoms with E-state index < -0.39 is 36.5 Å². The van der Waals surface area contributed by atoms with Gasteiger partial charge in [0, 0.05) is 25.0 Å². The average Bonchev–Trinajstić information content (AvgIpc) is 3.55. The van der Waals surface area contributed by atoms with Gasteiger partial charge < -0.3 is 15.7 Å². The highest BCUT2D eigenvalue weighted by Crippen LogP contribution is 2.40. The van der Waals surface area contributed by atoms with Gasteiger partial charge in [0.2, 0.25) is 0 Å². The van der Waals surface area contributed by atoms with Gasteiger partial charge in [0.25, 0.3) is 11.8 Å². The van der Waals surface area contributed by atoms with Crippen molar-refractivity contribution in [2.75, 3.05) is 5.32 Å². The molecular weight excluding hydrogens is 473 g/mol. The number of amides is 1. The zero-order valence-electron chi connectivity index (χ0n) is 19.5. The third-order valence-corrected chi connectivity index (χ3v) is 6.46. The molecule has 0 spiro atoms. The number of hydrogen-bond acceptors (Lipinski definition) is 6. The second-order valence-corrected chi connectivity index (χ2v) is 9.24. The van der Waals surface area contributed by atoms with Gasteiger partial charge in [0.1, 0.15) is 17.3 Å². The zero-order valence-corrected chi connectivity index (χ0v) is 19.5. The number of carbonyl (C=O) groups is 1. The molecule has 2 aliphatic carbocycles. The van der Waals surface area contributed by atoms with Gasteiger partial charge in [-0.25, -0.2) is 29.0 Å². The van der Waals surface area contributed by atoms with E-state index >= 15 is 0 Å². The van der Waals surface area contributed by atoms with Gasteiger partial charge in [0.05, 0.1) is 29.3 Å². The predicted octanol–water partition coefficient (Wildman–Crippen LogP) is 3.44. The Kier molecular flexibility index (Phi) is 5.91. The number of benzene rings is 1. The summed E-state index contributed by atoms with van der Waals surface area (Å²) >= 11 is 0. The molecule has 1 amide bonds. The second-order valence-electron chi connectivity index (χ2n) is 9.24. The number of rotatable bonds is 6. The van der Waals surface area contributed by atoms with Crippen LogP contribution in [0.2, 0.25) is 0 Å². The lowest BCUT2D eigenvalue weighted by Crippen LogP contribution is -2.56. The maximum atomic E-state index is 14.8. The first-order chi connectivity index (χ1) is 17.1. The molecule has 1 aromatic carbocycles. The van der Waals surface area contributed by atoms with Crippen LogP contribution in [-0.2, 0) is 0 Å². The van der Waals surface area contributed by atoms with Crippen LogP contribution in [0.15, 0.2) is 48.0 Å². The van der Waals surface area contributed by atoms with Gasteiger partial charge in [0.15, 0.2) is 5.84 Å². The standard InChI is InChI=1S/C24H25F3N8O/c1-13-7-17(25)16(8-20(13)34-11-19(30-12-34)14-5-6-14)23(36)32-21-4-2-3-18(31-21)22(33-28)35(29)15-9-24(26,27)10-15/h2-4,7-8,11-12,14-15H,5-6,9-10,28-29H2,1H3,(H,31,32,36)/b33-22-. The molecule has 36 heavy (non-hydrogen) atoms. The van der Waals surface area contributed by atoms with E-state index in [-0.39, 0.29) is 22.9 Å². The Bertz CT molecular complexity index is 1340. The molecule has 5 N–H and O–H groups in total. The Morgan fingerprint density at radius 3 is 2.69 bits per heavy atom. The summed E-state index contributed by atoms with van der Waals surface area (Å²) in [4.78, 5) is 21.7. The number of hydrazone groups is 1. The van der Waals surface area contributed by atoms with Crippen LogP contribution < -0.4 is 17.0 Å². The van der Waals surface area contributed by atoms with E-state index in [1.165, 1.54) is 24.3 Å². The van der Waals surface area contributed by atoms with Gasteiger partial charge in [-0.1, -0.05) is 6.07 Å². The fraction of sp³-hybridized carbons (Fsp3) is 0.333. The van der Waals surface area contributed by atoms with Gasteiger partial charge in [-0.05, 0) is 49.6 Å². The van der Waals surface area contributed by atoms with Gasteiger partial charge in [-0.15, -0.1) is 0 Å². The predicted molar refractivity (Wildman–Crippen MR) is 127 cm³/mol. The van der Waals surface area contributed by atoms with Crippen LogP contribution in [0.1, 0.15) is 58.9 Å². The molecule has 2 heterocycles. The summed E-state index contributed by atoms with van der Waals surface area (Å²) in [6.45, 7) is 1.76. The van der Waals surface area contributed by atoms with Crippen LogP contribution in [-0.4, -0.2) is 43.3 Å². The number of carbonyl (C=O) groups excluding carboxylic acids is 1. The van der Waals surface area contributed by atoms with Crippen molar-refractivity contribution in [1.29, 1.82) is 0 Å². The molecular formula is C24H25F3N8O. The van der Waals surface area contributed by atoms with E-state index in [0.29, 0.717) is 17.2 Å². The number of nitrogens with zero attached hydrogens (tertiary/aromatic N) is 5. The number of imidazole rings is 1. The molecule has 2 fully saturated rings. The quantitative estimate of drug-likeness (QED) is 0.207. The number of nitrogens with one attached hydrogen (secondary N) is 1. The maximum Gasteiger partial charge on any atom is 0.259 e. The van der Waals surface area contributed by atoms with Crippen molar-refractivity contribution >= 4 is 17.6 Å². The molecule has 0 bridgehead atoms. The van der Waals surface area contributed by atoms with Crippen molar-refractivity contribution in [3.63, 3.8) is 0 Å². The lowest BCUT2D eigenvalue weighted by molar-refractivity contribution is -0.112. The largest absolute Gasteiger partial charge is 0.321 e. The highest BCUT2D eigenvalue weighted by atomic mass is 19.3. The number of alkyl halides is 2. The van der Waals surface area contributed by atoms with E-state index in [9.17, 15) is 18.0 Å². The number of hydrazine groups is 1. The number of aromatic nitrogens is 3. The second kappa shape index (κ2) is 8.94. The minimum atomic E-state index is -2.78. The molecule has 2 aromatic heterocycles. The first-order valence-electron chi connectivity index (χ1n) is 11.5. The first-order valence-corrected chi connectivity index (χ1v) is 11.5. The van der Waals surface area contributed by atoms with E-state index in [2.05, 4.69) is 20.4 Å². The van der Waals surface area contributed by atoms with Crippen LogP contribution >= 0.6 is 0 Å². The molecule has 2 saturated carbocycles. The Morgan fingerprint density at radius 2 is 2.03 bits per heavy atom. The molecule has 0 radical (unpaired) electrons. The van der Waals surface area contributed by atoms with Crippen LogP contribution in [0.3, 0.4) is 0 Å². The molecule has 2 aliphatic rings. The summed E-state index contributed by atoms with van der Waals surface area (Å²) in [6.07, 6.45) is 4.91. The molecule has 188 valence electrons. The number of hydrogen-bond donors (Lipinski definition) is 3. The fourth-order valence-corrected chi connectivity index (χ4v) is 4.25.